The molecule has 0 radical (unpaired) electrons. The monoisotopic (exact) mass is 690 g/mol. The molecule has 6 heteroatoms. The normalized spacial score (nSPS) is 13.3. The number of rotatable bonds is 32. The minimum Gasteiger partial charge on any atom is -0.480 e. The van der Waals surface area contributed by atoms with Gasteiger partial charge in [-0.15, -0.1) is 0 Å². The largest absolute Gasteiger partial charge is 0.480 e. The highest BCUT2D eigenvalue weighted by atomic mass is 16.5. The van der Waals surface area contributed by atoms with E-state index in [0.29, 0.717) is 19.3 Å². The van der Waals surface area contributed by atoms with Crippen molar-refractivity contribution in [2.45, 2.75) is 142 Å². The Bertz CT molecular complexity index is 1120. The maximum atomic E-state index is 12.6. The number of unbranched alkanes of at least 4 members (excludes halogenated alkanes) is 5. The topological polar surface area (TPSA) is 92.7 Å². The predicted octanol–water partition coefficient (Wildman–Crippen LogP) is 11.6. The van der Waals surface area contributed by atoms with Crippen LogP contribution in [0.15, 0.2) is 109 Å². The van der Waals surface area contributed by atoms with Crippen molar-refractivity contribution in [3.8, 4) is 0 Å². The summed E-state index contributed by atoms with van der Waals surface area (Å²) in [5.74, 6) is -1.44. The Morgan fingerprint density at radius 3 is 1.56 bits per heavy atom. The van der Waals surface area contributed by atoms with Crippen molar-refractivity contribution in [3.05, 3.63) is 109 Å². The molecule has 0 spiro atoms. The SMILES string of the molecule is CC/C=C\C/C=C\C/C=C\C/C=C\C/C=C\C/C=C\C/C=C\CCCC(=O)OC(/C=C\C/C=C\CCC)CCCCCCC(=O)NCC(=O)O. The molecule has 2 N–H and O–H groups in total. The minimum absolute atomic E-state index is 0.165. The van der Waals surface area contributed by atoms with E-state index >= 15 is 0 Å². The number of carbonyl (C=O) groups is 3. The van der Waals surface area contributed by atoms with Gasteiger partial charge < -0.3 is 15.2 Å². The molecule has 0 aromatic rings. The van der Waals surface area contributed by atoms with E-state index in [1.54, 1.807) is 0 Å². The Morgan fingerprint density at radius 1 is 0.560 bits per heavy atom. The molecule has 1 amide bonds. The minimum atomic E-state index is -1.04. The third kappa shape index (κ3) is 36.9. The number of aliphatic carboxylic acids is 1. The summed E-state index contributed by atoms with van der Waals surface area (Å²) in [6.07, 6.45) is 55.2. The number of nitrogens with one attached hydrogen (secondary N) is 1. The van der Waals surface area contributed by atoms with Crippen molar-refractivity contribution >= 4 is 17.8 Å². The van der Waals surface area contributed by atoms with Gasteiger partial charge in [-0.2, -0.15) is 0 Å². The van der Waals surface area contributed by atoms with E-state index in [2.05, 4.69) is 122 Å². The Labute approximate surface area is 304 Å². The van der Waals surface area contributed by atoms with Crippen LogP contribution in [0.2, 0.25) is 0 Å². The van der Waals surface area contributed by atoms with Gasteiger partial charge in [0.25, 0.3) is 0 Å². The fourth-order valence-corrected chi connectivity index (χ4v) is 4.63. The zero-order valence-corrected chi connectivity index (χ0v) is 31.2. The molecular weight excluding hydrogens is 622 g/mol. The van der Waals surface area contributed by atoms with E-state index < -0.39 is 5.97 Å². The third-order valence-electron chi connectivity index (χ3n) is 7.39. The van der Waals surface area contributed by atoms with Crippen molar-refractivity contribution in [2.24, 2.45) is 0 Å². The van der Waals surface area contributed by atoms with Crippen LogP contribution in [-0.2, 0) is 19.1 Å². The highest BCUT2D eigenvalue weighted by Gasteiger charge is 2.11. The molecule has 6 nitrogen and oxygen atoms in total. The summed E-state index contributed by atoms with van der Waals surface area (Å²) in [4.78, 5) is 34.8. The summed E-state index contributed by atoms with van der Waals surface area (Å²) in [5.41, 5.74) is 0. The third-order valence-corrected chi connectivity index (χ3v) is 7.39. The lowest BCUT2D eigenvalue weighted by molar-refractivity contribution is -0.147. The lowest BCUT2D eigenvalue weighted by Gasteiger charge is -2.14. The molecule has 1 unspecified atom stereocenters. The second-order valence-corrected chi connectivity index (χ2v) is 12.1. The molecule has 0 rings (SSSR count). The fraction of sp³-hybridized carbons (Fsp3) is 0.523. The summed E-state index contributed by atoms with van der Waals surface area (Å²) in [7, 11) is 0. The van der Waals surface area contributed by atoms with Gasteiger partial charge in [-0.05, 0) is 96.0 Å². The number of carbonyl (C=O) groups excluding carboxylic acids is 2. The van der Waals surface area contributed by atoms with Crippen molar-refractivity contribution in [1.82, 2.24) is 5.32 Å². The van der Waals surface area contributed by atoms with Gasteiger partial charge in [0, 0.05) is 12.8 Å². The van der Waals surface area contributed by atoms with Gasteiger partial charge in [0.15, 0.2) is 0 Å². The summed E-state index contributed by atoms with van der Waals surface area (Å²) < 4.78 is 5.80. The van der Waals surface area contributed by atoms with Crippen molar-refractivity contribution < 1.29 is 24.2 Å². The second-order valence-electron chi connectivity index (χ2n) is 12.1. The Morgan fingerprint density at radius 2 is 1.04 bits per heavy atom. The number of amides is 1. The van der Waals surface area contributed by atoms with Gasteiger partial charge in [0.05, 0.1) is 0 Å². The van der Waals surface area contributed by atoms with Crippen LogP contribution in [-0.4, -0.2) is 35.6 Å². The van der Waals surface area contributed by atoms with Crippen LogP contribution >= 0.6 is 0 Å². The smallest absolute Gasteiger partial charge is 0.322 e. The van der Waals surface area contributed by atoms with Crippen LogP contribution in [0, 0.1) is 0 Å². The fourth-order valence-electron chi connectivity index (χ4n) is 4.63. The lowest BCUT2D eigenvalue weighted by Crippen LogP contribution is -2.28. The molecule has 0 aromatic carbocycles. The van der Waals surface area contributed by atoms with Gasteiger partial charge in [0.2, 0.25) is 5.91 Å². The van der Waals surface area contributed by atoms with Crippen LogP contribution in [0.5, 0.6) is 0 Å². The van der Waals surface area contributed by atoms with E-state index in [4.69, 9.17) is 9.84 Å². The van der Waals surface area contributed by atoms with Crippen LogP contribution < -0.4 is 5.32 Å². The molecule has 1 atom stereocenters. The highest BCUT2D eigenvalue weighted by molar-refractivity contribution is 5.80. The quantitative estimate of drug-likeness (QED) is 0.0416. The number of esters is 1. The van der Waals surface area contributed by atoms with Gasteiger partial charge in [-0.3, -0.25) is 14.4 Å². The first-order valence-corrected chi connectivity index (χ1v) is 19.0. The number of carboxylic acid groups (broad SMARTS) is 1. The number of ether oxygens (including phenoxy) is 1. The molecule has 0 heterocycles. The molecule has 0 saturated carbocycles. The summed E-state index contributed by atoms with van der Waals surface area (Å²) in [6.45, 7) is 3.97. The summed E-state index contributed by atoms with van der Waals surface area (Å²) >= 11 is 0. The molecule has 0 aliphatic rings. The molecule has 0 fully saturated rings. The first-order valence-electron chi connectivity index (χ1n) is 19.0. The molecular formula is C44H67NO5. The maximum absolute atomic E-state index is 12.6. The maximum Gasteiger partial charge on any atom is 0.322 e. The molecule has 0 aromatic heterocycles. The standard InChI is InChI=1S/C44H67NO5/c1-3-5-7-9-11-12-13-14-15-16-17-18-19-20-21-22-23-24-25-26-27-29-35-39-44(49)50-41(36-32-28-10-8-6-4-2)37-33-30-31-34-38-42(46)45-40-43(47)48/h5,7-8,10-12,14-15,17-18,20-21,23-24,26-27,32,36,41H,3-4,6,9,13,16,19,22,25,28-31,33-35,37-40H2,1-2H3,(H,45,46)(H,47,48)/b7-5-,10-8-,12-11-,15-14-,18-17-,21-20-,24-23-,27-26-,36-32-. The van der Waals surface area contributed by atoms with Crippen molar-refractivity contribution in [1.29, 1.82) is 0 Å². The Hall–Kier alpha value is -3.93. The van der Waals surface area contributed by atoms with Crippen LogP contribution in [0.3, 0.4) is 0 Å². The first kappa shape index (κ1) is 46.1. The van der Waals surface area contributed by atoms with Gasteiger partial charge in [-0.25, -0.2) is 0 Å². The van der Waals surface area contributed by atoms with E-state index in [1.165, 1.54) is 0 Å². The van der Waals surface area contributed by atoms with E-state index in [-0.39, 0.29) is 24.5 Å². The lowest BCUT2D eigenvalue weighted by atomic mass is 10.1. The van der Waals surface area contributed by atoms with Crippen molar-refractivity contribution in [3.63, 3.8) is 0 Å². The van der Waals surface area contributed by atoms with E-state index in [1.807, 2.05) is 6.08 Å². The van der Waals surface area contributed by atoms with E-state index in [0.717, 1.165) is 103 Å². The van der Waals surface area contributed by atoms with Crippen molar-refractivity contribution in [2.75, 3.05) is 6.54 Å². The molecule has 50 heavy (non-hydrogen) atoms. The summed E-state index contributed by atoms with van der Waals surface area (Å²) in [6, 6.07) is 0. The number of allylic oxidation sites excluding steroid dienone is 17. The second kappa shape index (κ2) is 37.9. The zero-order chi connectivity index (χ0) is 36.6. The van der Waals surface area contributed by atoms with Crippen LogP contribution in [0.4, 0.5) is 0 Å². The van der Waals surface area contributed by atoms with E-state index in [9.17, 15) is 14.4 Å². The average molecular weight is 690 g/mol. The Balaban J connectivity index is 4.17. The molecule has 278 valence electrons. The average Bonchev–Trinajstić information content (AvgIpc) is 3.10. The Kier molecular flexibility index (Phi) is 34.9. The van der Waals surface area contributed by atoms with Gasteiger partial charge in [0.1, 0.15) is 12.6 Å². The summed E-state index contributed by atoms with van der Waals surface area (Å²) in [5, 5.41) is 11.0. The predicted molar refractivity (Wildman–Crippen MR) is 212 cm³/mol. The molecule has 0 aliphatic carbocycles. The van der Waals surface area contributed by atoms with Gasteiger partial charge >= 0.3 is 11.9 Å². The van der Waals surface area contributed by atoms with Gasteiger partial charge in [-0.1, -0.05) is 136 Å². The number of carboxylic acids is 1. The zero-order valence-electron chi connectivity index (χ0n) is 31.2. The van der Waals surface area contributed by atoms with Crippen LogP contribution in [0.1, 0.15) is 136 Å². The van der Waals surface area contributed by atoms with Crippen LogP contribution in [0.25, 0.3) is 0 Å². The highest BCUT2D eigenvalue weighted by Crippen LogP contribution is 2.13. The molecule has 0 saturated heterocycles. The number of hydrogen-bond donors (Lipinski definition) is 2. The molecule has 0 bridgehead atoms. The number of hydrogen-bond acceptors (Lipinski definition) is 4. The molecule has 0 aliphatic heterocycles. The first-order chi connectivity index (χ1) is 24.5.